The number of aliphatic hydroxyl groups excluding tert-OH is 1. The molecule has 2 aliphatic heterocycles. The first kappa shape index (κ1) is 19.3. The van der Waals surface area contributed by atoms with Crippen LogP contribution in [-0.2, 0) is 11.4 Å². The van der Waals surface area contributed by atoms with E-state index in [-0.39, 0.29) is 17.4 Å². The predicted octanol–water partition coefficient (Wildman–Crippen LogP) is 2.57. The van der Waals surface area contributed by atoms with Crippen molar-refractivity contribution in [2.45, 2.75) is 38.4 Å². The number of hydrogen-bond donors (Lipinski definition) is 2. The van der Waals surface area contributed by atoms with E-state index < -0.39 is 24.3 Å². The van der Waals surface area contributed by atoms with E-state index in [2.05, 4.69) is 5.16 Å². The summed E-state index contributed by atoms with van der Waals surface area (Å²) in [5.41, 5.74) is 0.989. The zero-order valence-corrected chi connectivity index (χ0v) is 14.9. The molecule has 2 saturated heterocycles. The van der Waals surface area contributed by atoms with Crippen LogP contribution in [0.4, 0.5) is 19.3 Å². The Balaban J connectivity index is 1.51. The second-order valence-electron chi connectivity index (χ2n) is 6.77. The molecule has 148 valence electrons. The van der Waals surface area contributed by atoms with E-state index >= 15 is 0 Å². The first-order chi connectivity index (χ1) is 13.0. The number of carboxylic acid groups (broad SMARTS) is 1. The molecule has 1 aromatic rings. The van der Waals surface area contributed by atoms with E-state index in [1.165, 1.54) is 4.90 Å². The Bertz CT molecular complexity index is 711. The molecule has 0 aromatic heterocycles. The van der Waals surface area contributed by atoms with E-state index in [1.807, 2.05) is 0 Å². The van der Waals surface area contributed by atoms with Crippen molar-refractivity contribution in [3.05, 3.63) is 29.3 Å². The molecular weight excluding hydrogens is 360 g/mol. The molecule has 2 heterocycles. The minimum Gasteiger partial charge on any atom is -0.465 e. The van der Waals surface area contributed by atoms with Crippen LogP contribution in [0.3, 0.4) is 0 Å². The van der Waals surface area contributed by atoms with Gasteiger partial charge in [0.25, 0.3) is 0 Å². The molecule has 0 atom stereocenters. The molecule has 2 fully saturated rings. The number of aliphatic hydroxyl groups is 1. The molecule has 0 aliphatic carbocycles. The molecule has 9 heteroatoms. The largest absolute Gasteiger partial charge is 0.465 e. The van der Waals surface area contributed by atoms with Crippen molar-refractivity contribution in [3.8, 4) is 0 Å². The highest BCUT2D eigenvalue weighted by atomic mass is 19.1. The Hall–Kier alpha value is -2.42. The van der Waals surface area contributed by atoms with Crippen molar-refractivity contribution >= 4 is 17.5 Å². The van der Waals surface area contributed by atoms with Crippen molar-refractivity contribution in [1.29, 1.82) is 0 Å². The summed E-state index contributed by atoms with van der Waals surface area (Å²) in [4.78, 5) is 19.6. The second kappa shape index (κ2) is 8.51. The van der Waals surface area contributed by atoms with E-state index in [0.717, 1.165) is 17.8 Å². The number of anilines is 1. The molecule has 0 radical (unpaired) electrons. The van der Waals surface area contributed by atoms with Gasteiger partial charge in [-0.2, -0.15) is 0 Å². The number of nitrogens with zero attached hydrogens (tertiary/aromatic N) is 3. The van der Waals surface area contributed by atoms with Crippen molar-refractivity contribution < 1.29 is 28.6 Å². The number of benzene rings is 1. The molecule has 27 heavy (non-hydrogen) atoms. The standard InChI is InChI=1S/C18H23F2N3O4/c19-15-10-17(16(20)9-12(15)11-24)22-5-1-13(2-6-22)21-27-14-3-7-23(8-4-14)18(25)26/h9-10,14,24H,1-8,11H2,(H,25,26). The minimum atomic E-state index is -0.914. The number of likely N-dealkylation sites (tertiary alicyclic amines) is 1. The zero-order chi connectivity index (χ0) is 19.4. The van der Waals surface area contributed by atoms with Crippen LogP contribution in [0.1, 0.15) is 31.2 Å². The van der Waals surface area contributed by atoms with Crippen LogP contribution in [0.15, 0.2) is 17.3 Å². The van der Waals surface area contributed by atoms with E-state index in [4.69, 9.17) is 15.1 Å². The number of halogens is 2. The average Bonchev–Trinajstić information content (AvgIpc) is 2.68. The van der Waals surface area contributed by atoms with Gasteiger partial charge in [-0.25, -0.2) is 13.6 Å². The number of amides is 1. The Morgan fingerprint density at radius 1 is 1.15 bits per heavy atom. The minimum absolute atomic E-state index is 0.0575. The van der Waals surface area contributed by atoms with Gasteiger partial charge in [0.15, 0.2) is 0 Å². The maximum absolute atomic E-state index is 14.2. The van der Waals surface area contributed by atoms with Gasteiger partial charge in [0.05, 0.1) is 18.0 Å². The highest BCUT2D eigenvalue weighted by molar-refractivity contribution is 5.86. The van der Waals surface area contributed by atoms with Gasteiger partial charge in [0.1, 0.15) is 17.7 Å². The molecule has 0 bridgehead atoms. The van der Waals surface area contributed by atoms with Crippen LogP contribution in [0.5, 0.6) is 0 Å². The van der Waals surface area contributed by atoms with Crippen LogP contribution in [0.2, 0.25) is 0 Å². The Morgan fingerprint density at radius 2 is 1.81 bits per heavy atom. The molecule has 7 nitrogen and oxygen atoms in total. The lowest BCUT2D eigenvalue weighted by Crippen LogP contribution is -2.40. The molecule has 1 amide bonds. The van der Waals surface area contributed by atoms with Gasteiger partial charge in [-0.1, -0.05) is 5.16 Å². The van der Waals surface area contributed by atoms with Gasteiger partial charge >= 0.3 is 6.09 Å². The van der Waals surface area contributed by atoms with Crippen LogP contribution in [0, 0.1) is 11.6 Å². The Morgan fingerprint density at radius 3 is 2.41 bits per heavy atom. The smallest absolute Gasteiger partial charge is 0.407 e. The summed E-state index contributed by atoms with van der Waals surface area (Å²) in [6.45, 7) is 1.33. The van der Waals surface area contributed by atoms with Gasteiger partial charge in [0, 0.05) is 63.5 Å². The van der Waals surface area contributed by atoms with Gasteiger partial charge in [-0.05, 0) is 6.07 Å². The highest BCUT2D eigenvalue weighted by Gasteiger charge is 2.24. The average molecular weight is 383 g/mol. The molecule has 0 saturated carbocycles. The Kier molecular flexibility index (Phi) is 6.10. The van der Waals surface area contributed by atoms with Gasteiger partial charge in [-0.15, -0.1) is 0 Å². The molecule has 0 unspecified atom stereocenters. The van der Waals surface area contributed by atoms with Crippen LogP contribution in [0.25, 0.3) is 0 Å². The van der Waals surface area contributed by atoms with Gasteiger partial charge in [0.2, 0.25) is 0 Å². The number of hydrogen-bond acceptors (Lipinski definition) is 5. The first-order valence-corrected chi connectivity index (χ1v) is 9.01. The lowest BCUT2D eigenvalue weighted by molar-refractivity contribution is 0.0127. The maximum Gasteiger partial charge on any atom is 0.407 e. The van der Waals surface area contributed by atoms with Crippen LogP contribution >= 0.6 is 0 Å². The quantitative estimate of drug-likeness (QED) is 0.781. The van der Waals surface area contributed by atoms with Crippen LogP contribution < -0.4 is 4.90 Å². The van der Waals surface area contributed by atoms with Crippen molar-refractivity contribution in [2.75, 3.05) is 31.1 Å². The van der Waals surface area contributed by atoms with Crippen LogP contribution in [-0.4, -0.2) is 59.2 Å². The number of oxime groups is 1. The number of piperidine rings is 2. The number of carbonyl (C=O) groups is 1. The maximum atomic E-state index is 14.2. The SMILES string of the molecule is O=C(O)N1CCC(ON=C2CCN(c3cc(F)c(CO)cc3F)CC2)CC1. The molecular formula is C18H23F2N3O4. The monoisotopic (exact) mass is 383 g/mol. The van der Waals surface area contributed by atoms with Crippen molar-refractivity contribution in [2.24, 2.45) is 5.16 Å². The zero-order valence-electron chi connectivity index (χ0n) is 14.9. The third-order valence-electron chi connectivity index (χ3n) is 5.01. The Labute approximate surface area is 155 Å². The number of rotatable bonds is 4. The molecule has 2 N–H and O–H groups in total. The fraction of sp³-hybridized carbons (Fsp3) is 0.556. The topological polar surface area (TPSA) is 85.6 Å². The summed E-state index contributed by atoms with van der Waals surface area (Å²) in [6, 6.07) is 2.15. The molecule has 1 aromatic carbocycles. The fourth-order valence-corrected chi connectivity index (χ4v) is 3.34. The summed E-state index contributed by atoms with van der Waals surface area (Å²) in [5, 5.41) is 22.1. The van der Waals surface area contributed by atoms with E-state index in [9.17, 15) is 13.6 Å². The summed E-state index contributed by atoms with van der Waals surface area (Å²) >= 11 is 0. The fourth-order valence-electron chi connectivity index (χ4n) is 3.34. The van der Waals surface area contributed by atoms with Gasteiger partial charge in [-0.3, -0.25) is 0 Å². The predicted molar refractivity (Wildman–Crippen MR) is 94.9 cm³/mol. The lowest BCUT2D eigenvalue weighted by atomic mass is 10.1. The normalized spacial score (nSPS) is 18.6. The van der Waals surface area contributed by atoms with Gasteiger partial charge < -0.3 is 24.9 Å². The van der Waals surface area contributed by atoms with E-state index in [1.54, 1.807) is 4.90 Å². The first-order valence-electron chi connectivity index (χ1n) is 9.01. The molecule has 3 rings (SSSR count). The summed E-state index contributed by atoms with van der Waals surface area (Å²) in [6.07, 6.45) is 1.37. The highest BCUT2D eigenvalue weighted by Crippen LogP contribution is 2.26. The lowest BCUT2D eigenvalue weighted by Gasteiger charge is -2.31. The van der Waals surface area contributed by atoms with E-state index in [0.29, 0.717) is 51.9 Å². The molecule has 2 aliphatic rings. The molecule has 0 spiro atoms. The third kappa shape index (κ3) is 4.65. The van der Waals surface area contributed by atoms with Crippen molar-refractivity contribution in [3.63, 3.8) is 0 Å². The van der Waals surface area contributed by atoms with Crippen molar-refractivity contribution in [1.82, 2.24) is 4.90 Å². The summed E-state index contributed by atoms with van der Waals surface area (Å²) in [5.74, 6) is -1.17. The second-order valence-corrected chi connectivity index (χ2v) is 6.77. The third-order valence-corrected chi connectivity index (χ3v) is 5.01. The summed E-state index contributed by atoms with van der Waals surface area (Å²) < 4.78 is 28.0. The summed E-state index contributed by atoms with van der Waals surface area (Å²) in [7, 11) is 0.